The van der Waals surface area contributed by atoms with Crippen molar-refractivity contribution in [1.82, 2.24) is 0 Å². The summed E-state index contributed by atoms with van der Waals surface area (Å²) in [5.41, 5.74) is -1.73. The van der Waals surface area contributed by atoms with E-state index in [-0.39, 0.29) is 41.7 Å². The van der Waals surface area contributed by atoms with Crippen LogP contribution in [-0.4, -0.2) is 204 Å². The van der Waals surface area contributed by atoms with Crippen molar-refractivity contribution in [2.45, 2.75) is 208 Å². The Labute approximate surface area is 400 Å². The zero-order valence-electron chi connectivity index (χ0n) is 39.8. The van der Waals surface area contributed by atoms with Gasteiger partial charge in [0.2, 0.25) is 0 Å². The highest BCUT2D eigenvalue weighted by Gasteiger charge is 2.68. The van der Waals surface area contributed by atoms with Crippen molar-refractivity contribution >= 4 is 11.9 Å². The van der Waals surface area contributed by atoms with Gasteiger partial charge in [-0.25, -0.2) is 0 Å². The topological polar surface area (TPSA) is 331 Å². The lowest BCUT2D eigenvalue weighted by molar-refractivity contribution is -0.377. The summed E-state index contributed by atoms with van der Waals surface area (Å²) in [6.45, 7) is 7.40. The molecule has 11 N–H and O–H groups in total. The molecule has 5 saturated heterocycles. The third-order valence-electron chi connectivity index (χ3n) is 19.0. The van der Waals surface area contributed by atoms with Gasteiger partial charge in [-0.15, -0.1) is 0 Å². The molecule has 27 atom stereocenters. The summed E-state index contributed by atoms with van der Waals surface area (Å²) in [5, 5.41) is 117. The minimum atomic E-state index is -1.90. The highest BCUT2D eigenvalue weighted by Crippen LogP contribution is 2.70. The standard InChI is InChI=1S/C48H74O21/c1-19(51)63-31-13-21(12-20-6-7-22-24-8-9-25(45(24,2)11-10-26(22)48(20,31)5)23-14-46(3)44(60)68-27(23)15-47(46,4)61)64-43-40(69-42-39(59)36(56)33(53)29(17-50)66-42)37(57)34(54)30(67-43)18-62-41-38(58)35(55)32(52)28(16-49)65-41/h6,21-43,49-50,52-59,61H,7-18H2,1-5H3/t21-,22+,23+,24+,25-,26+,27-,28-,29-,30-,31+,32-,33-,34-,35+,36+,37+,38-,39-,40-,41-,42+,43-,45+,46+,47-,48+/m1/s1. The maximum absolute atomic E-state index is 13.1. The molecule has 0 aromatic carbocycles. The fourth-order valence-electron chi connectivity index (χ4n) is 14.8. The molecule has 10 aliphatic rings. The van der Waals surface area contributed by atoms with Gasteiger partial charge in [-0.2, -0.15) is 0 Å². The van der Waals surface area contributed by atoms with Crippen molar-refractivity contribution in [3.05, 3.63) is 11.6 Å². The maximum Gasteiger partial charge on any atom is 0.315 e. The molecule has 69 heavy (non-hydrogen) atoms. The second-order valence-electron chi connectivity index (χ2n) is 22.6. The van der Waals surface area contributed by atoms with E-state index in [9.17, 15) is 65.8 Å². The van der Waals surface area contributed by atoms with Gasteiger partial charge in [-0.3, -0.25) is 9.59 Å². The van der Waals surface area contributed by atoms with Crippen LogP contribution in [0.15, 0.2) is 11.6 Å². The van der Waals surface area contributed by atoms with Crippen LogP contribution in [0.4, 0.5) is 0 Å². The van der Waals surface area contributed by atoms with E-state index in [0.717, 1.165) is 37.7 Å². The van der Waals surface area contributed by atoms with Crippen LogP contribution in [0, 0.1) is 45.8 Å². The minimum Gasteiger partial charge on any atom is -0.462 e. The number of fused-ring (bicyclic) bond motifs is 8. The van der Waals surface area contributed by atoms with Crippen LogP contribution in [0.3, 0.4) is 0 Å². The molecule has 0 unspecified atom stereocenters. The van der Waals surface area contributed by atoms with Gasteiger partial charge in [0.05, 0.1) is 36.9 Å². The number of ether oxygens (including phenoxy) is 8. The van der Waals surface area contributed by atoms with E-state index in [2.05, 4.69) is 19.9 Å². The second-order valence-corrected chi connectivity index (χ2v) is 22.6. The molecule has 0 aromatic rings. The van der Waals surface area contributed by atoms with E-state index in [0.29, 0.717) is 31.1 Å². The SMILES string of the molecule is CC(=O)O[C@H]1C[C@H](O[C@@H]2O[C@H](CO[C@@H]3O[C@H](CO)[C@@H](O)[C@H](O)[C@H]3O)[C@@H](O)[C@H](O)[C@H]2O[C@@H]2O[C@H](CO)[C@@H](O)[C@H](O)[C@H]2O)CC2=CC[C@H]3[C@@H]4CC[C@H]([C@@H]5C[C@@]6(C)C(=O)O[C@@H]5C[C@@]6(C)O)[C@@]4(C)CC[C@@H]3[C@]21C. The molecule has 0 radical (unpaired) electrons. The summed E-state index contributed by atoms with van der Waals surface area (Å²) < 4.78 is 48.0. The molecule has 392 valence electrons. The van der Waals surface area contributed by atoms with E-state index >= 15 is 0 Å². The van der Waals surface area contributed by atoms with Crippen LogP contribution in [0.5, 0.6) is 0 Å². The quantitative estimate of drug-likeness (QED) is 0.0790. The number of carbonyl (C=O) groups is 2. The number of carbonyl (C=O) groups excluding carboxylic acids is 2. The predicted octanol–water partition coefficient (Wildman–Crippen LogP) is -1.97. The molecule has 21 nitrogen and oxygen atoms in total. The number of aliphatic hydroxyl groups excluding tert-OH is 10. The van der Waals surface area contributed by atoms with Crippen LogP contribution in [0.2, 0.25) is 0 Å². The molecule has 0 spiro atoms. The number of allylic oxidation sites excluding steroid dienone is 1. The third kappa shape index (κ3) is 8.53. The van der Waals surface area contributed by atoms with Crippen molar-refractivity contribution < 1.29 is 104 Å². The summed E-state index contributed by atoms with van der Waals surface area (Å²) in [6, 6.07) is 0. The predicted molar refractivity (Wildman–Crippen MR) is 231 cm³/mol. The Hall–Kier alpha value is -2.00. The summed E-state index contributed by atoms with van der Waals surface area (Å²) in [7, 11) is 0. The van der Waals surface area contributed by atoms with E-state index in [1.54, 1.807) is 6.92 Å². The number of rotatable bonds is 11. The molecule has 21 heteroatoms. The first-order valence-electron chi connectivity index (χ1n) is 24.8. The molecule has 0 aromatic heterocycles. The Bertz CT molecular complexity index is 1910. The monoisotopic (exact) mass is 986 g/mol. The first-order valence-corrected chi connectivity index (χ1v) is 24.8. The zero-order valence-corrected chi connectivity index (χ0v) is 39.8. The Kier molecular flexibility index (Phi) is 14.3. The normalized spacial score (nSPS) is 55.0. The number of hydrogen-bond donors (Lipinski definition) is 11. The van der Waals surface area contributed by atoms with Crippen molar-refractivity contribution in [3.8, 4) is 0 Å². The number of hydrogen-bond acceptors (Lipinski definition) is 21. The molecule has 5 heterocycles. The lowest BCUT2D eigenvalue weighted by Gasteiger charge is -2.62. The Morgan fingerprint density at radius 1 is 0.710 bits per heavy atom. The van der Waals surface area contributed by atoms with Crippen LogP contribution in [0.1, 0.15) is 92.4 Å². The van der Waals surface area contributed by atoms with Crippen LogP contribution in [0.25, 0.3) is 0 Å². The average molecular weight is 987 g/mol. The number of aliphatic hydroxyl groups is 11. The highest BCUT2D eigenvalue weighted by molar-refractivity contribution is 5.80. The molecule has 0 amide bonds. The first kappa shape index (κ1) is 51.9. The van der Waals surface area contributed by atoms with Gasteiger partial charge in [0.15, 0.2) is 18.9 Å². The number of esters is 2. The largest absolute Gasteiger partial charge is 0.462 e. The highest BCUT2D eigenvalue weighted by atomic mass is 16.8. The second kappa shape index (κ2) is 19.0. The first-order chi connectivity index (χ1) is 32.5. The van der Waals surface area contributed by atoms with Gasteiger partial charge in [0.25, 0.3) is 0 Å². The zero-order chi connectivity index (χ0) is 49.9. The molecular formula is C48H74O21. The summed E-state index contributed by atoms with van der Waals surface area (Å²) in [6.07, 6.45) is -18.7. The molecule has 10 rings (SSSR count). The fraction of sp³-hybridized carbons (Fsp3) is 0.917. The van der Waals surface area contributed by atoms with Crippen molar-refractivity contribution in [1.29, 1.82) is 0 Å². The fourth-order valence-corrected chi connectivity index (χ4v) is 14.8. The van der Waals surface area contributed by atoms with Gasteiger partial charge in [0, 0.05) is 31.1 Å². The van der Waals surface area contributed by atoms with Crippen LogP contribution < -0.4 is 0 Å². The molecule has 5 aliphatic carbocycles. The summed E-state index contributed by atoms with van der Waals surface area (Å²) in [4.78, 5) is 26.1. The van der Waals surface area contributed by atoms with Gasteiger partial charge >= 0.3 is 11.9 Å². The van der Waals surface area contributed by atoms with Gasteiger partial charge < -0.3 is 94.1 Å². The summed E-state index contributed by atoms with van der Waals surface area (Å²) in [5.74, 6) is 0.374. The van der Waals surface area contributed by atoms with Crippen molar-refractivity contribution in [2.75, 3.05) is 19.8 Å². The lowest BCUT2D eigenvalue weighted by Crippen LogP contribution is -2.66. The Morgan fingerprint density at radius 3 is 1.93 bits per heavy atom. The maximum atomic E-state index is 13.1. The van der Waals surface area contributed by atoms with Crippen LogP contribution >= 0.6 is 0 Å². The van der Waals surface area contributed by atoms with Crippen molar-refractivity contribution in [2.24, 2.45) is 45.8 Å². The van der Waals surface area contributed by atoms with Crippen molar-refractivity contribution in [3.63, 3.8) is 0 Å². The van der Waals surface area contributed by atoms with E-state index in [1.165, 1.54) is 6.92 Å². The molecule has 9 fully saturated rings. The van der Waals surface area contributed by atoms with Gasteiger partial charge in [-0.1, -0.05) is 25.5 Å². The van der Waals surface area contributed by atoms with E-state index < -0.39 is 147 Å². The Balaban J connectivity index is 0.960. The molecule has 4 saturated carbocycles. The van der Waals surface area contributed by atoms with E-state index in [4.69, 9.17) is 37.9 Å². The molecule has 2 bridgehead atoms. The average Bonchev–Trinajstić information content (AvgIpc) is 3.65. The Morgan fingerprint density at radius 2 is 1.30 bits per heavy atom. The smallest absolute Gasteiger partial charge is 0.315 e. The van der Waals surface area contributed by atoms with E-state index in [1.807, 2.05) is 6.92 Å². The van der Waals surface area contributed by atoms with Gasteiger partial charge in [0.1, 0.15) is 85.5 Å². The lowest BCUT2D eigenvalue weighted by atomic mass is 9.45. The van der Waals surface area contributed by atoms with Gasteiger partial charge in [-0.05, 0) is 87.9 Å². The summed E-state index contributed by atoms with van der Waals surface area (Å²) >= 11 is 0. The minimum absolute atomic E-state index is 0.0420. The molecule has 5 aliphatic heterocycles. The van der Waals surface area contributed by atoms with Crippen LogP contribution in [-0.2, 0) is 47.5 Å². The molecular weight excluding hydrogens is 913 g/mol. The third-order valence-corrected chi connectivity index (χ3v) is 19.0.